The van der Waals surface area contributed by atoms with Gasteiger partial charge in [-0.25, -0.2) is 4.98 Å². The number of thioether (sulfide) groups is 1. The van der Waals surface area contributed by atoms with E-state index >= 15 is 0 Å². The van der Waals surface area contributed by atoms with Crippen LogP contribution in [0.2, 0.25) is 0 Å². The van der Waals surface area contributed by atoms with Crippen LogP contribution >= 0.6 is 23.4 Å². The van der Waals surface area contributed by atoms with Crippen molar-refractivity contribution >= 4 is 34.4 Å². The Kier molecular flexibility index (Phi) is 4.41. The quantitative estimate of drug-likeness (QED) is 0.788. The lowest BCUT2D eigenvalue weighted by Crippen LogP contribution is -2.13. The van der Waals surface area contributed by atoms with E-state index in [1.807, 2.05) is 12.1 Å². The second-order valence-corrected chi connectivity index (χ2v) is 6.85. The van der Waals surface area contributed by atoms with Crippen LogP contribution in [0.5, 0.6) is 5.75 Å². The number of methoxy groups -OCH3 is 1. The number of halogens is 1. The van der Waals surface area contributed by atoms with Crippen molar-refractivity contribution < 1.29 is 4.74 Å². The number of rotatable bonds is 5. The van der Waals surface area contributed by atoms with Crippen LogP contribution in [0.1, 0.15) is 18.7 Å². The number of aromatic nitrogens is 2. The van der Waals surface area contributed by atoms with E-state index in [0.29, 0.717) is 11.1 Å². The molecule has 2 heterocycles. The van der Waals surface area contributed by atoms with Crippen LogP contribution in [0.15, 0.2) is 18.2 Å². The van der Waals surface area contributed by atoms with Gasteiger partial charge in [0.15, 0.2) is 0 Å². The summed E-state index contributed by atoms with van der Waals surface area (Å²) in [5.74, 6) is 3.85. The second kappa shape index (κ2) is 6.27. The molecule has 3 rings (SSSR count). The van der Waals surface area contributed by atoms with Crippen molar-refractivity contribution in [1.82, 2.24) is 9.55 Å². The van der Waals surface area contributed by atoms with Gasteiger partial charge in [0.1, 0.15) is 11.6 Å². The summed E-state index contributed by atoms with van der Waals surface area (Å²) >= 11 is 8.00. The molecule has 1 aliphatic rings. The van der Waals surface area contributed by atoms with Gasteiger partial charge in [0.2, 0.25) is 0 Å². The Labute approximate surface area is 128 Å². The molecule has 1 fully saturated rings. The minimum absolute atomic E-state index is 0.609. The third-order valence-corrected chi connectivity index (χ3v) is 5.33. The molecule has 0 saturated carbocycles. The van der Waals surface area contributed by atoms with Crippen LogP contribution in [0, 0.1) is 0 Å². The van der Waals surface area contributed by atoms with Gasteiger partial charge in [-0.05, 0) is 30.7 Å². The highest BCUT2D eigenvalue weighted by Crippen LogP contribution is 2.30. The Morgan fingerprint density at radius 2 is 2.40 bits per heavy atom. The molecule has 2 aromatic rings. The lowest BCUT2D eigenvalue weighted by Gasteiger charge is -2.13. The summed E-state index contributed by atoms with van der Waals surface area (Å²) in [4.78, 5) is 4.74. The number of fused-ring (bicyclic) bond motifs is 1. The minimum atomic E-state index is 0.609. The Balaban J connectivity index is 1.99. The van der Waals surface area contributed by atoms with E-state index in [1.165, 1.54) is 24.1 Å². The first-order valence-electron chi connectivity index (χ1n) is 7.02. The molecule has 0 radical (unpaired) electrons. The molecule has 0 bridgehead atoms. The summed E-state index contributed by atoms with van der Waals surface area (Å²) < 4.78 is 7.63. The van der Waals surface area contributed by atoms with E-state index in [1.54, 1.807) is 7.11 Å². The molecular formula is C15H19ClN2OS. The number of aryl methyl sites for hydroxylation is 1. The normalized spacial score (nSPS) is 18.8. The topological polar surface area (TPSA) is 27.1 Å². The summed E-state index contributed by atoms with van der Waals surface area (Å²) in [7, 11) is 1.69. The lowest BCUT2D eigenvalue weighted by atomic mass is 10.2. The highest BCUT2D eigenvalue weighted by molar-refractivity contribution is 8.00. The van der Waals surface area contributed by atoms with Crippen LogP contribution in [-0.4, -0.2) is 33.5 Å². The van der Waals surface area contributed by atoms with E-state index in [4.69, 9.17) is 21.3 Å². The van der Waals surface area contributed by atoms with Crippen molar-refractivity contribution in [3.05, 3.63) is 24.0 Å². The molecule has 0 amide bonds. The zero-order chi connectivity index (χ0) is 13.9. The van der Waals surface area contributed by atoms with Crippen molar-refractivity contribution in [2.24, 2.45) is 0 Å². The second-order valence-electron chi connectivity index (χ2n) is 5.07. The molecule has 1 aliphatic heterocycles. The summed E-state index contributed by atoms with van der Waals surface area (Å²) in [5, 5.41) is 0.712. The summed E-state index contributed by atoms with van der Waals surface area (Å²) in [6, 6.07) is 6.12. The Bertz CT molecular complexity index is 593. The predicted molar refractivity (Wildman–Crippen MR) is 86.2 cm³/mol. The van der Waals surface area contributed by atoms with E-state index in [2.05, 4.69) is 22.4 Å². The van der Waals surface area contributed by atoms with Gasteiger partial charge in [-0.2, -0.15) is 11.8 Å². The molecule has 5 heteroatoms. The molecule has 1 atom stereocenters. The lowest BCUT2D eigenvalue weighted by molar-refractivity contribution is 0.415. The number of alkyl halides is 1. The molecule has 108 valence electrons. The monoisotopic (exact) mass is 310 g/mol. The number of nitrogens with zero attached hydrogens (tertiary/aromatic N) is 2. The largest absolute Gasteiger partial charge is 0.497 e. The highest BCUT2D eigenvalue weighted by atomic mass is 35.5. The fourth-order valence-corrected chi connectivity index (χ4v) is 4.18. The fraction of sp³-hybridized carbons (Fsp3) is 0.533. The number of hydrogen-bond donors (Lipinski definition) is 0. The predicted octanol–water partition coefficient (Wildman–Crippen LogP) is 3.72. The fourth-order valence-electron chi connectivity index (χ4n) is 2.76. The van der Waals surface area contributed by atoms with Crippen molar-refractivity contribution in [2.45, 2.75) is 31.1 Å². The average molecular weight is 311 g/mol. The van der Waals surface area contributed by atoms with Gasteiger partial charge in [0.25, 0.3) is 0 Å². The third kappa shape index (κ3) is 2.77. The van der Waals surface area contributed by atoms with E-state index in [9.17, 15) is 0 Å². The van der Waals surface area contributed by atoms with Gasteiger partial charge >= 0.3 is 0 Å². The van der Waals surface area contributed by atoms with E-state index in [-0.39, 0.29) is 0 Å². The average Bonchev–Trinajstić information content (AvgIpc) is 3.08. The third-order valence-electron chi connectivity index (χ3n) is 3.76. The molecule has 1 saturated heterocycles. The van der Waals surface area contributed by atoms with Crippen LogP contribution in [-0.2, 0) is 13.0 Å². The van der Waals surface area contributed by atoms with Gasteiger partial charge in [-0.1, -0.05) is 0 Å². The highest BCUT2D eigenvalue weighted by Gasteiger charge is 2.19. The maximum atomic E-state index is 5.93. The van der Waals surface area contributed by atoms with Gasteiger partial charge in [-0.3, -0.25) is 0 Å². The van der Waals surface area contributed by atoms with Gasteiger partial charge < -0.3 is 9.30 Å². The van der Waals surface area contributed by atoms with E-state index < -0.39 is 0 Å². The SMILES string of the molecule is COc1ccc2c(c1)nc(CCCl)n2CC1CCCS1. The van der Waals surface area contributed by atoms with Gasteiger partial charge in [0, 0.05) is 30.2 Å². The number of imidazole rings is 1. The Morgan fingerprint density at radius 3 is 3.10 bits per heavy atom. The number of ether oxygens (including phenoxy) is 1. The molecule has 3 nitrogen and oxygen atoms in total. The van der Waals surface area contributed by atoms with E-state index in [0.717, 1.165) is 30.1 Å². The molecule has 1 aromatic carbocycles. The first-order valence-corrected chi connectivity index (χ1v) is 8.61. The van der Waals surface area contributed by atoms with Gasteiger partial charge in [-0.15, -0.1) is 11.6 Å². The first-order chi connectivity index (χ1) is 9.81. The Morgan fingerprint density at radius 1 is 1.50 bits per heavy atom. The van der Waals surface area contributed by atoms with Crippen molar-refractivity contribution in [1.29, 1.82) is 0 Å². The molecule has 0 N–H and O–H groups in total. The molecule has 1 aromatic heterocycles. The molecule has 0 spiro atoms. The zero-order valence-corrected chi connectivity index (χ0v) is 13.2. The van der Waals surface area contributed by atoms with Crippen molar-refractivity contribution in [2.75, 3.05) is 18.7 Å². The molecule has 1 unspecified atom stereocenters. The van der Waals surface area contributed by atoms with Crippen LogP contribution in [0.4, 0.5) is 0 Å². The molecule has 20 heavy (non-hydrogen) atoms. The minimum Gasteiger partial charge on any atom is -0.497 e. The molecular weight excluding hydrogens is 292 g/mol. The standard InChI is InChI=1S/C15H19ClN2OS/c1-19-11-4-5-14-13(9-11)17-15(6-7-16)18(14)10-12-3-2-8-20-12/h4-5,9,12H,2-3,6-8,10H2,1H3. The Hall–Kier alpha value is -0.870. The van der Waals surface area contributed by atoms with Crippen LogP contribution < -0.4 is 4.74 Å². The number of hydrogen-bond acceptors (Lipinski definition) is 3. The zero-order valence-electron chi connectivity index (χ0n) is 11.6. The summed E-state index contributed by atoms with van der Waals surface area (Å²) in [6.07, 6.45) is 3.46. The maximum Gasteiger partial charge on any atom is 0.121 e. The molecule has 0 aliphatic carbocycles. The number of benzene rings is 1. The van der Waals surface area contributed by atoms with Crippen molar-refractivity contribution in [3.63, 3.8) is 0 Å². The smallest absolute Gasteiger partial charge is 0.121 e. The maximum absolute atomic E-state index is 5.93. The first kappa shape index (κ1) is 14.1. The van der Waals surface area contributed by atoms with Crippen molar-refractivity contribution in [3.8, 4) is 5.75 Å². The van der Waals surface area contributed by atoms with Gasteiger partial charge in [0.05, 0.1) is 18.1 Å². The summed E-state index contributed by atoms with van der Waals surface area (Å²) in [5.41, 5.74) is 2.20. The van der Waals surface area contributed by atoms with Crippen LogP contribution in [0.25, 0.3) is 11.0 Å². The van der Waals surface area contributed by atoms with Crippen LogP contribution in [0.3, 0.4) is 0 Å². The summed E-state index contributed by atoms with van der Waals surface area (Å²) in [6.45, 7) is 1.04.